The van der Waals surface area contributed by atoms with E-state index in [9.17, 15) is 19.7 Å². The topological polar surface area (TPSA) is 140 Å². The second kappa shape index (κ2) is 10.0. The van der Waals surface area contributed by atoms with Gasteiger partial charge in [0.15, 0.2) is 5.11 Å². The predicted molar refractivity (Wildman–Crippen MR) is 134 cm³/mol. The van der Waals surface area contributed by atoms with Crippen molar-refractivity contribution >= 4 is 56.9 Å². The third-order valence-corrected chi connectivity index (χ3v) is 7.37. The standard InChI is InChI=1S/C22H25N5O5S2/c1-12-2-4-14-17(10-12)34-21(18(14)19(23)28)25-22(33)24-20(29)13-3-5-15(16(11-13)27(30)31)26-6-8-32-9-7-26/h3,5,11-12H,2,4,6-10H2,1H3,(H2,23,28)(H2,24,25,29,33)/t12-/m0/s1. The van der Waals surface area contributed by atoms with Gasteiger partial charge in [0.1, 0.15) is 10.7 Å². The lowest BCUT2D eigenvalue weighted by atomic mass is 9.88. The van der Waals surface area contributed by atoms with E-state index in [2.05, 4.69) is 17.6 Å². The lowest BCUT2D eigenvalue weighted by Crippen LogP contribution is -2.37. The van der Waals surface area contributed by atoms with Crippen molar-refractivity contribution in [3.8, 4) is 0 Å². The number of rotatable bonds is 5. The molecule has 12 heteroatoms. The second-order valence-corrected chi connectivity index (χ2v) is 9.90. The third-order valence-electron chi connectivity index (χ3n) is 6.00. The smallest absolute Gasteiger partial charge is 0.293 e. The summed E-state index contributed by atoms with van der Waals surface area (Å²) >= 11 is 6.70. The lowest BCUT2D eigenvalue weighted by Gasteiger charge is -2.28. The first kappa shape index (κ1) is 24.0. The lowest BCUT2D eigenvalue weighted by molar-refractivity contribution is -0.384. The molecule has 2 aromatic rings. The number of benzene rings is 1. The van der Waals surface area contributed by atoms with Crippen molar-refractivity contribution in [2.75, 3.05) is 36.5 Å². The van der Waals surface area contributed by atoms with Crippen LogP contribution in [0.4, 0.5) is 16.4 Å². The van der Waals surface area contributed by atoms with E-state index in [-0.39, 0.29) is 16.4 Å². The zero-order chi connectivity index (χ0) is 24.4. The Bertz CT molecular complexity index is 1160. The highest BCUT2D eigenvalue weighted by Gasteiger charge is 2.27. The van der Waals surface area contributed by atoms with Crippen LogP contribution in [0.1, 0.15) is 44.5 Å². The van der Waals surface area contributed by atoms with Crippen molar-refractivity contribution in [1.29, 1.82) is 0 Å². The molecule has 4 N–H and O–H groups in total. The fourth-order valence-electron chi connectivity index (χ4n) is 4.29. The van der Waals surface area contributed by atoms with Crippen LogP contribution in [0, 0.1) is 16.0 Å². The Hall–Kier alpha value is -3.09. The van der Waals surface area contributed by atoms with Gasteiger partial charge in [0.2, 0.25) is 0 Å². The number of anilines is 2. The average Bonchev–Trinajstić information content (AvgIpc) is 3.15. The molecule has 1 aromatic carbocycles. The van der Waals surface area contributed by atoms with Gasteiger partial charge in [-0.2, -0.15) is 0 Å². The number of carbonyl (C=O) groups is 2. The van der Waals surface area contributed by atoms with E-state index < -0.39 is 16.7 Å². The van der Waals surface area contributed by atoms with E-state index in [1.54, 1.807) is 6.07 Å². The normalized spacial score (nSPS) is 17.6. The Kier molecular flexibility index (Phi) is 7.10. The Balaban J connectivity index is 1.50. The highest BCUT2D eigenvalue weighted by molar-refractivity contribution is 7.80. The van der Waals surface area contributed by atoms with Gasteiger partial charge >= 0.3 is 0 Å². The molecule has 1 aliphatic carbocycles. The molecule has 1 atom stereocenters. The number of amides is 2. The molecule has 180 valence electrons. The maximum atomic E-state index is 12.8. The Morgan fingerprint density at radius 2 is 2.06 bits per heavy atom. The van der Waals surface area contributed by atoms with E-state index in [1.807, 2.05) is 4.90 Å². The minimum Gasteiger partial charge on any atom is -0.378 e. The molecule has 10 nitrogen and oxygen atoms in total. The summed E-state index contributed by atoms with van der Waals surface area (Å²) in [7, 11) is 0. The zero-order valence-electron chi connectivity index (χ0n) is 18.6. The number of nitrogens with one attached hydrogen (secondary N) is 2. The quantitative estimate of drug-likeness (QED) is 0.321. The first-order valence-electron chi connectivity index (χ1n) is 10.9. The van der Waals surface area contributed by atoms with Crippen LogP contribution in [-0.4, -0.2) is 48.2 Å². The number of morpholine rings is 1. The molecule has 1 saturated heterocycles. The molecule has 2 amide bonds. The molecule has 1 fully saturated rings. The van der Waals surface area contributed by atoms with Crippen molar-refractivity contribution in [2.24, 2.45) is 11.7 Å². The van der Waals surface area contributed by atoms with Crippen LogP contribution in [0.25, 0.3) is 0 Å². The molecule has 1 aliphatic heterocycles. The maximum absolute atomic E-state index is 12.8. The minimum atomic E-state index is -0.593. The first-order valence-corrected chi connectivity index (χ1v) is 12.1. The zero-order valence-corrected chi connectivity index (χ0v) is 20.2. The number of nitrogens with zero attached hydrogens (tertiary/aromatic N) is 2. The van der Waals surface area contributed by atoms with Crippen LogP contribution >= 0.6 is 23.6 Å². The largest absolute Gasteiger partial charge is 0.378 e. The number of primary amides is 1. The summed E-state index contributed by atoms with van der Waals surface area (Å²) in [5, 5.41) is 17.6. The molecule has 0 radical (unpaired) electrons. The Morgan fingerprint density at radius 1 is 1.32 bits per heavy atom. The van der Waals surface area contributed by atoms with Gasteiger partial charge in [-0.05, 0) is 55.1 Å². The van der Waals surface area contributed by atoms with Crippen LogP contribution in [0.5, 0.6) is 0 Å². The number of hydrogen-bond acceptors (Lipinski definition) is 8. The maximum Gasteiger partial charge on any atom is 0.293 e. The first-order chi connectivity index (χ1) is 16.2. The van der Waals surface area contributed by atoms with Crippen molar-refractivity contribution in [2.45, 2.75) is 26.2 Å². The predicted octanol–water partition coefficient (Wildman–Crippen LogP) is 2.84. The van der Waals surface area contributed by atoms with E-state index >= 15 is 0 Å². The molecule has 2 heterocycles. The fraction of sp³-hybridized carbons (Fsp3) is 0.409. The van der Waals surface area contributed by atoms with E-state index in [0.29, 0.717) is 48.5 Å². The summed E-state index contributed by atoms with van der Waals surface area (Å²) in [4.78, 5) is 39.0. The summed E-state index contributed by atoms with van der Waals surface area (Å²) in [6, 6.07) is 4.33. The molecular weight excluding hydrogens is 478 g/mol. The van der Waals surface area contributed by atoms with Crippen molar-refractivity contribution < 1.29 is 19.2 Å². The molecule has 1 aromatic heterocycles. The van der Waals surface area contributed by atoms with Gasteiger partial charge in [-0.15, -0.1) is 11.3 Å². The van der Waals surface area contributed by atoms with Crippen LogP contribution < -0.4 is 21.3 Å². The van der Waals surface area contributed by atoms with E-state index in [4.69, 9.17) is 22.7 Å². The number of carbonyl (C=O) groups excluding carboxylic acids is 2. The van der Waals surface area contributed by atoms with Gasteiger partial charge in [0.25, 0.3) is 17.5 Å². The SMILES string of the molecule is C[C@H]1CCc2c(sc(NC(=S)NC(=O)c3ccc(N4CCOCC4)c([N+](=O)[O-])c3)c2C(N)=O)C1. The number of thiophene rings is 1. The summed E-state index contributed by atoms with van der Waals surface area (Å²) in [5.74, 6) is -0.620. The van der Waals surface area contributed by atoms with Gasteiger partial charge in [-0.1, -0.05) is 6.92 Å². The van der Waals surface area contributed by atoms with Crippen LogP contribution in [0.2, 0.25) is 0 Å². The summed E-state index contributed by atoms with van der Waals surface area (Å²) in [6.45, 7) is 4.20. The van der Waals surface area contributed by atoms with Crippen LogP contribution in [0.15, 0.2) is 18.2 Å². The number of hydrogen-bond donors (Lipinski definition) is 3. The molecule has 4 rings (SSSR count). The molecule has 0 spiro atoms. The average molecular weight is 504 g/mol. The van der Waals surface area contributed by atoms with Gasteiger partial charge in [0, 0.05) is 29.6 Å². The van der Waals surface area contributed by atoms with Crippen molar-refractivity contribution in [1.82, 2.24) is 5.32 Å². The van der Waals surface area contributed by atoms with Gasteiger partial charge < -0.3 is 20.7 Å². The molecule has 0 saturated carbocycles. The van der Waals surface area contributed by atoms with Crippen molar-refractivity contribution in [3.63, 3.8) is 0 Å². The monoisotopic (exact) mass is 503 g/mol. The Labute approximate surface area is 205 Å². The molecule has 0 bridgehead atoms. The van der Waals surface area contributed by atoms with Crippen LogP contribution in [0.3, 0.4) is 0 Å². The van der Waals surface area contributed by atoms with Gasteiger partial charge in [-0.3, -0.25) is 25.0 Å². The highest BCUT2D eigenvalue weighted by atomic mass is 32.1. The molecule has 34 heavy (non-hydrogen) atoms. The van der Waals surface area contributed by atoms with Crippen molar-refractivity contribution in [3.05, 3.63) is 49.9 Å². The second-order valence-electron chi connectivity index (χ2n) is 8.39. The number of nitrogens with two attached hydrogens (primary N) is 1. The molecular formula is C22H25N5O5S2. The number of ether oxygens (including phenoxy) is 1. The van der Waals surface area contributed by atoms with E-state index in [1.165, 1.54) is 23.5 Å². The highest BCUT2D eigenvalue weighted by Crippen LogP contribution is 2.39. The number of thiocarbonyl (C=S) groups is 1. The Morgan fingerprint density at radius 3 is 2.74 bits per heavy atom. The summed E-state index contributed by atoms with van der Waals surface area (Å²) in [5.41, 5.74) is 7.36. The van der Waals surface area contributed by atoms with Crippen LogP contribution in [-0.2, 0) is 17.6 Å². The van der Waals surface area contributed by atoms with Gasteiger partial charge in [-0.25, -0.2) is 0 Å². The molecule has 2 aliphatic rings. The summed E-state index contributed by atoms with van der Waals surface area (Å²) < 4.78 is 5.31. The number of fused-ring (bicyclic) bond motifs is 1. The van der Waals surface area contributed by atoms with Gasteiger partial charge in [0.05, 0.1) is 23.7 Å². The van der Waals surface area contributed by atoms with E-state index in [0.717, 1.165) is 29.7 Å². The minimum absolute atomic E-state index is 0.0148. The summed E-state index contributed by atoms with van der Waals surface area (Å²) in [6.07, 6.45) is 2.61. The number of nitro groups is 1. The number of nitro benzene ring substituents is 1. The molecule has 0 unspecified atom stereocenters. The third kappa shape index (κ3) is 5.03. The fourth-order valence-corrected chi connectivity index (χ4v) is 5.97.